The molecule has 1 unspecified atom stereocenters. The Bertz CT molecular complexity index is 415. The van der Waals surface area contributed by atoms with Crippen LogP contribution in [-0.4, -0.2) is 31.4 Å². The summed E-state index contributed by atoms with van der Waals surface area (Å²) in [7, 11) is 1.73. The lowest BCUT2D eigenvalue weighted by Gasteiger charge is -2.14. The molecule has 3 nitrogen and oxygen atoms in total. The minimum atomic E-state index is -0.329. The van der Waals surface area contributed by atoms with Gasteiger partial charge in [0.2, 0.25) is 0 Å². The van der Waals surface area contributed by atoms with Gasteiger partial charge in [0.1, 0.15) is 6.04 Å². The molecule has 0 saturated carbocycles. The molecule has 0 aliphatic carbocycles. The maximum atomic E-state index is 11.6. The molecular formula is C12H15Cl2NO2S. The van der Waals surface area contributed by atoms with E-state index in [1.54, 1.807) is 26.1 Å². The van der Waals surface area contributed by atoms with Gasteiger partial charge in [-0.3, -0.25) is 4.79 Å². The topological polar surface area (TPSA) is 38.3 Å². The zero-order chi connectivity index (χ0) is 13.5. The summed E-state index contributed by atoms with van der Waals surface area (Å²) in [4.78, 5) is 12.5. The summed E-state index contributed by atoms with van der Waals surface area (Å²) in [5.41, 5.74) is 0. The Morgan fingerprint density at radius 3 is 2.72 bits per heavy atom. The molecule has 0 amide bonds. The fraction of sp³-hybridized carbons (Fsp3) is 0.417. The number of carbonyl (C=O) groups excluding carboxylic acids is 1. The molecule has 1 aromatic carbocycles. The number of benzene rings is 1. The molecule has 0 spiro atoms. The number of halogens is 2. The summed E-state index contributed by atoms with van der Waals surface area (Å²) >= 11 is 13.3. The summed E-state index contributed by atoms with van der Waals surface area (Å²) in [6, 6.07) is 5.07. The van der Waals surface area contributed by atoms with E-state index in [0.29, 0.717) is 22.4 Å². The van der Waals surface area contributed by atoms with Crippen molar-refractivity contribution in [3.63, 3.8) is 0 Å². The highest BCUT2D eigenvalue weighted by molar-refractivity contribution is 7.99. The minimum absolute atomic E-state index is 0.243. The predicted octanol–water partition coefficient (Wildman–Crippen LogP) is 3.24. The van der Waals surface area contributed by atoms with Gasteiger partial charge < -0.3 is 10.1 Å². The zero-order valence-corrected chi connectivity index (χ0v) is 12.5. The lowest BCUT2D eigenvalue weighted by molar-refractivity contribution is -0.144. The van der Waals surface area contributed by atoms with Gasteiger partial charge in [0.05, 0.1) is 16.7 Å². The summed E-state index contributed by atoms with van der Waals surface area (Å²) in [5.74, 6) is 0.334. The largest absolute Gasteiger partial charge is 0.465 e. The van der Waals surface area contributed by atoms with E-state index < -0.39 is 0 Å². The van der Waals surface area contributed by atoms with Crippen molar-refractivity contribution in [3.05, 3.63) is 28.2 Å². The van der Waals surface area contributed by atoms with E-state index in [1.807, 2.05) is 6.07 Å². The van der Waals surface area contributed by atoms with Crippen LogP contribution in [0.2, 0.25) is 10.0 Å². The Morgan fingerprint density at radius 2 is 2.17 bits per heavy atom. The molecule has 0 fully saturated rings. The highest BCUT2D eigenvalue weighted by atomic mass is 35.5. The molecule has 0 aliphatic heterocycles. The number of carbonyl (C=O) groups is 1. The van der Waals surface area contributed by atoms with Gasteiger partial charge in [-0.15, -0.1) is 11.8 Å². The number of likely N-dealkylation sites (N-methyl/N-ethyl adjacent to an activating group) is 1. The first kappa shape index (κ1) is 15.6. The zero-order valence-electron chi connectivity index (χ0n) is 10.2. The maximum Gasteiger partial charge on any atom is 0.323 e. The number of hydrogen-bond donors (Lipinski definition) is 1. The molecule has 18 heavy (non-hydrogen) atoms. The molecule has 1 rings (SSSR count). The highest BCUT2D eigenvalue weighted by Gasteiger charge is 2.17. The third-order valence-electron chi connectivity index (χ3n) is 2.23. The fourth-order valence-corrected chi connectivity index (χ4v) is 2.65. The van der Waals surface area contributed by atoms with Crippen LogP contribution < -0.4 is 5.32 Å². The first-order chi connectivity index (χ1) is 8.58. The number of hydrogen-bond acceptors (Lipinski definition) is 4. The van der Waals surface area contributed by atoms with E-state index in [0.717, 1.165) is 4.90 Å². The molecule has 0 aromatic heterocycles. The Labute approximate surface area is 121 Å². The average Bonchev–Trinajstić information content (AvgIpc) is 2.34. The van der Waals surface area contributed by atoms with Crippen molar-refractivity contribution in [2.45, 2.75) is 17.9 Å². The monoisotopic (exact) mass is 307 g/mol. The van der Waals surface area contributed by atoms with Crippen LogP contribution in [0.1, 0.15) is 6.92 Å². The molecule has 1 N–H and O–H groups in total. The van der Waals surface area contributed by atoms with Crippen LogP contribution in [0.5, 0.6) is 0 Å². The van der Waals surface area contributed by atoms with E-state index in [9.17, 15) is 4.79 Å². The third kappa shape index (κ3) is 4.69. The van der Waals surface area contributed by atoms with E-state index in [4.69, 9.17) is 27.9 Å². The molecule has 0 bridgehead atoms. The first-order valence-electron chi connectivity index (χ1n) is 5.50. The van der Waals surface area contributed by atoms with E-state index in [2.05, 4.69) is 5.32 Å². The van der Waals surface area contributed by atoms with Gasteiger partial charge in [-0.2, -0.15) is 0 Å². The summed E-state index contributed by atoms with van der Waals surface area (Å²) in [6.45, 7) is 2.17. The van der Waals surface area contributed by atoms with E-state index >= 15 is 0 Å². The molecular weight excluding hydrogens is 293 g/mol. The minimum Gasteiger partial charge on any atom is -0.465 e. The van der Waals surface area contributed by atoms with Gasteiger partial charge in [0, 0.05) is 10.6 Å². The highest BCUT2D eigenvalue weighted by Crippen LogP contribution is 2.28. The maximum absolute atomic E-state index is 11.6. The Balaban J connectivity index is 2.56. The van der Waals surface area contributed by atoms with Crippen LogP contribution in [0.15, 0.2) is 23.1 Å². The van der Waals surface area contributed by atoms with Crippen molar-refractivity contribution >= 4 is 40.9 Å². The molecule has 0 heterocycles. The Morgan fingerprint density at radius 1 is 1.44 bits per heavy atom. The molecule has 1 aromatic rings. The summed E-state index contributed by atoms with van der Waals surface area (Å²) in [6.07, 6.45) is 0. The van der Waals surface area contributed by atoms with Crippen LogP contribution in [0.25, 0.3) is 0 Å². The quantitative estimate of drug-likeness (QED) is 0.647. The number of nitrogens with one attached hydrogen (secondary N) is 1. The van der Waals surface area contributed by atoms with Gasteiger partial charge in [-0.05, 0) is 32.2 Å². The molecule has 1 atom stereocenters. The van der Waals surface area contributed by atoms with Crippen LogP contribution in [0, 0.1) is 0 Å². The second-order valence-electron chi connectivity index (χ2n) is 3.48. The van der Waals surface area contributed by atoms with Crippen molar-refractivity contribution in [2.75, 3.05) is 19.4 Å². The van der Waals surface area contributed by atoms with E-state index in [1.165, 1.54) is 11.8 Å². The van der Waals surface area contributed by atoms with Gasteiger partial charge in [-0.25, -0.2) is 0 Å². The van der Waals surface area contributed by atoms with Gasteiger partial charge in [0.25, 0.3) is 0 Å². The Hall–Kier alpha value is -0.420. The number of esters is 1. The molecule has 0 saturated heterocycles. The molecule has 100 valence electrons. The third-order valence-corrected chi connectivity index (χ3v) is 4.05. The average molecular weight is 308 g/mol. The molecule has 0 radical (unpaired) electrons. The van der Waals surface area contributed by atoms with Crippen molar-refractivity contribution in [3.8, 4) is 0 Å². The molecule has 6 heteroatoms. The summed E-state index contributed by atoms with van der Waals surface area (Å²) < 4.78 is 4.96. The normalized spacial score (nSPS) is 12.2. The lowest BCUT2D eigenvalue weighted by atomic mass is 10.3. The lowest BCUT2D eigenvalue weighted by Crippen LogP contribution is -2.37. The fourth-order valence-electron chi connectivity index (χ4n) is 1.26. The van der Waals surface area contributed by atoms with Crippen molar-refractivity contribution in [1.29, 1.82) is 0 Å². The number of thioether (sulfide) groups is 1. The van der Waals surface area contributed by atoms with Crippen molar-refractivity contribution in [1.82, 2.24) is 5.32 Å². The smallest absolute Gasteiger partial charge is 0.323 e. The predicted molar refractivity (Wildman–Crippen MR) is 76.7 cm³/mol. The first-order valence-corrected chi connectivity index (χ1v) is 7.24. The van der Waals surface area contributed by atoms with Crippen LogP contribution in [0.3, 0.4) is 0 Å². The van der Waals surface area contributed by atoms with Gasteiger partial charge in [0.15, 0.2) is 0 Å². The summed E-state index contributed by atoms with van der Waals surface area (Å²) in [5, 5.41) is 3.97. The van der Waals surface area contributed by atoms with Gasteiger partial charge >= 0.3 is 5.97 Å². The second-order valence-corrected chi connectivity index (χ2v) is 5.39. The van der Waals surface area contributed by atoms with Gasteiger partial charge in [-0.1, -0.05) is 23.2 Å². The Kier molecular flexibility index (Phi) is 6.86. The SMILES string of the molecule is CCOC(=O)C(CSc1ccc(Cl)c(Cl)c1)NC. The number of ether oxygens (including phenoxy) is 1. The number of rotatable bonds is 6. The van der Waals surface area contributed by atoms with Crippen LogP contribution in [-0.2, 0) is 9.53 Å². The second kappa shape index (κ2) is 7.89. The van der Waals surface area contributed by atoms with Crippen molar-refractivity contribution < 1.29 is 9.53 Å². The van der Waals surface area contributed by atoms with Crippen molar-refractivity contribution in [2.24, 2.45) is 0 Å². The standard InChI is InChI=1S/C12H15Cl2NO2S/c1-3-17-12(16)11(15-2)7-18-8-4-5-9(13)10(14)6-8/h4-6,11,15H,3,7H2,1-2H3. The van der Waals surface area contributed by atoms with Crippen LogP contribution >= 0.6 is 35.0 Å². The van der Waals surface area contributed by atoms with E-state index in [-0.39, 0.29) is 12.0 Å². The van der Waals surface area contributed by atoms with Crippen LogP contribution in [0.4, 0.5) is 0 Å². The molecule has 0 aliphatic rings.